The van der Waals surface area contributed by atoms with Gasteiger partial charge in [0.2, 0.25) is 11.8 Å². The largest absolute Gasteiger partial charge is 0.376 e. The number of aromatic nitrogens is 1. The van der Waals surface area contributed by atoms with E-state index < -0.39 is 0 Å². The van der Waals surface area contributed by atoms with Crippen molar-refractivity contribution in [1.29, 1.82) is 0 Å². The molecule has 1 fully saturated rings. The van der Waals surface area contributed by atoms with Gasteiger partial charge in [-0.05, 0) is 37.5 Å². The van der Waals surface area contributed by atoms with E-state index >= 15 is 0 Å². The standard InChI is InChI=1S/C20H26N4O3/c1-12-5-6-13(19(26)22-14-7-8-14)9-15(12)21-11-17(25)23-18-10-16(24-27-18)20(2,3)4/h5-6,9-10,14,21H,7-8,11H2,1-4H3,(H,22,26)(H,23,25). The van der Waals surface area contributed by atoms with Crippen LogP contribution in [0.1, 0.15) is 55.2 Å². The molecule has 0 atom stereocenters. The second kappa shape index (κ2) is 7.42. The summed E-state index contributed by atoms with van der Waals surface area (Å²) in [6.45, 7) is 8.04. The third-order valence-corrected chi connectivity index (χ3v) is 4.39. The molecule has 1 saturated carbocycles. The summed E-state index contributed by atoms with van der Waals surface area (Å²) in [5.74, 6) is -0.0128. The predicted molar refractivity (Wildman–Crippen MR) is 104 cm³/mol. The van der Waals surface area contributed by atoms with E-state index in [1.165, 1.54) is 0 Å². The molecule has 0 spiro atoms. The first-order valence-corrected chi connectivity index (χ1v) is 9.15. The zero-order valence-electron chi connectivity index (χ0n) is 16.2. The van der Waals surface area contributed by atoms with Crippen LogP contribution >= 0.6 is 0 Å². The zero-order valence-corrected chi connectivity index (χ0v) is 16.2. The van der Waals surface area contributed by atoms with Gasteiger partial charge in [0.05, 0.1) is 12.2 Å². The number of rotatable bonds is 6. The van der Waals surface area contributed by atoms with Gasteiger partial charge >= 0.3 is 0 Å². The quantitative estimate of drug-likeness (QED) is 0.725. The van der Waals surface area contributed by atoms with E-state index in [4.69, 9.17) is 4.52 Å². The highest BCUT2D eigenvalue weighted by Crippen LogP contribution is 2.24. The number of carbonyl (C=O) groups is 2. The van der Waals surface area contributed by atoms with Gasteiger partial charge in [-0.3, -0.25) is 14.9 Å². The fourth-order valence-corrected chi connectivity index (χ4v) is 2.49. The number of hydrogen-bond donors (Lipinski definition) is 3. The Balaban J connectivity index is 1.57. The second-order valence-electron chi connectivity index (χ2n) is 8.01. The molecule has 1 heterocycles. The number of nitrogens with zero attached hydrogens (tertiary/aromatic N) is 1. The first kappa shape index (κ1) is 18.9. The Morgan fingerprint density at radius 1 is 1.22 bits per heavy atom. The zero-order chi connectivity index (χ0) is 19.6. The topological polar surface area (TPSA) is 96.3 Å². The molecule has 144 valence electrons. The van der Waals surface area contributed by atoms with E-state index in [9.17, 15) is 9.59 Å². The van der Waals surface area contributed by atoms with Crippen LogP contribution in [0.3, 0.4) is 0 Å². The fourth-order valence-electron chi connectivity index (χ4n) is 2.49. The van der Waals surface area contributed by atoms with Gasteiger partial charge in [0.1, 0.15) is 0 Å². The molecule has 0 radical (unpaired) electrons. The average Bonchev–Trinajstić information content (AvgIpc) is 3.27. The second-order valence-corrected chi connectivity index (χ2v) is 8.01. The Bertz CT molecular complexity index is 847. The van der Waals surface area contributed by atoms with Crippen molar-refractivity contribution < 1.29 is 14.1 Å². The highest BCUT2D eigenvalue weighted by Gasteiger charge is 2.24. The minimum atomic E-state index is -0.251. The van der Waals surface area contributed by atoms with Gasteiger partial charge in [-0.1, -0.05) is 32.0 Å². The van der Waals surface area contributed by atoms with E-state index in [1.807, 2.05) is 33.8 Å². The molecule has 0 unspecified atom stereocenters. The molecular formula is C20H26N4O3. The number of amides is 2. The molecule has 2 aromatic rings. The lowest BCUT2D eigenvalue weighted by Gasteiger charge is -2.12. The Morgan fingerprint density at radius 3 is 2.59 bits per heavy atom. The van der Waals surface area contributed by atoms with Gasteiger partial charge < -0.3 is 15.2 Å². The number of nitrogens with one attached hydrogen (secondary N) is 3. The van der Waals surface area contributed by atoms with Crippen LogP contribution in [0, 0.1) is 6.92 Å². The number of anilines is 2. The summed E-state index contributed by atoms with van der Waals surface area (Å²) in [4.78, 5) is 24.4. The third-order valence-electron chi connectivity index (χ3n) is 4.39. The van der Waals surface area contributed by atoms with Crippen molar-refractivity contribution in [2.75, 3.05) is 17.2 Å². The van der Waals surface area contributed by atoms with Gasteiger partial charge in [-0.2, -0.15) is 0 Å². The number of aryl methyl sites for hydroxylation is 1. The first-order valence-electron chi connectivity index (χ1n) is 9.15. The maximum atomic E-state index is 12.2. The molecule has 1 aromatic carbocycles. The van der Waals surface area contributed by atoms with Crippen molar-refractivity contribution in [1.82, 2.24) is 10.5 Å². The van der Waals surface area contributed by atoms with Crippen molar-refractivity contribution in [3.63, 3.8) is 0 Å². The fraction of sp³-hybridized carbons (Fsp3) is 0.450. The first-order chi connectivity index (χ1) is 12.7. The minimum absolute atomic E-state index is 0.0556. The summed E-state index contributed by atoms with van der Waals surface area (Å²) < 4.78 is 5.17. The molecular weight excluding hydrogens is 344 g/mol. The van der Waals surface area contributed by atoms with E-state index in [0.717, 1.165) is 29.8 Å². The molecule has 3 N–H and O–H groups in total. The molecule has 3 rings (SSSR count). The van der Waals surface area contributed by atoms with Crippen LogP contribution in [-0.2, 0) is 10.2 Å². The van der Waals surface area contributed by atoms with E-state index in [2.05, 4.69) is 21.1 Å². The maximum absolute atomic E-state index is 12.2. The minimum Gasteiger partial charge on any atom is -0.376 e. The van der Waals surface area contributed by atoms with Gasteiger partial charge in [-0.15, -0.1) is 0 Å². The molecule has 0 bridgehead atoms. The Morgan fingerprint density at radius 2 is 1.96 bits per heavy atom. The number of hydrogen-bond acceptors (Lipinski definition) is 5. The van der Waals surface area contributed by atoms with Crippen LogP contribution in [-0.4, -0.2) is 29.6 Å². The van der Waals surface area contributed by atoms with Gasteiger partial charge in [0.15, 0.2) is 0 Å². The predicted octanol–water partition coefficient (Wildman–Crippen LogP) is 3.22. The van der Waals surface area contributed by atoms with Gasteiger partial charge in [-0.25, -0.2) is 0 Å². The molecule has 0 aliphatic heterocycles. The lowest BCUT2D eigenvalue weighted by Crippen LogP contribution is -2.26. The molecule has 7 heteroatoms. The molecule has 1 aliphatic carbocycles. The summed E-state index contributed by atoms with van der Waals surface area (Å²) in [5.41, 5.74) is 2.92. The van der Waals surface area contributed by atoms with Crippen molar-refractivity contribution >= 4 is 23.4 Å². The van der Waals surface area contributed by atoms with Crippen molar-refractivity contribution in [2.45, 2.75) is 52.0 Å². The van der Waals surface area contributed by atoms with E-state index in [1.54, 1.807) is 18.2 Å². The summed E-state index contributed by atoms with van der Waals surface area (Å²) in [6, 6.07) is 7.47. The Kier molecular flexibility index (Phi) is 5.21. The summed E-state index contributed by atoms with van der Waals surface area (Å²) in [5, 5.41) is 12.7. The van der Waals surface area contributed by atoms with Crippen molar-refractivity contribution in [3.8, 4) is 0 Å². The number of benzene rings is 1. The molecule has 27 heavy (non-hydrogen) atoms. The van der Waals surface area contributed by atoms with Crippen molar-refractivity contribution in [2.24, 2.45) is 0 Å². The highest BCUT2D eigenvalue weighted by atomic mass is 16.5. The average molecular weight is 370 g/mol. The van der Waals surface area contributed by atoms with Gasteiger partial charge in [0, 0.05) is 28.8 Å². The van der Waals surface area contributed by atoms with Crippen LogP contribution in [0.25, 0.3) is 0 Å². The van der Waals surface area contributed by atoms with Crippen molar-refractivity contribution in [3.05, 3.63) is 41.1 Å². The SMILES string of the molecule is Cc1ccc(C(=O)NC2CC2)cc1NCC(=O)Nc1cc(C(C)(C)C)no1. The van der Waals surface area contributed by atoms with Crippen LogP contribution in [0.5, 0.6) is 0 Å². The Labute approximate surface area is 158 Å². The third kappa shape index (κ3) is 5.09. The van der Waals surface area contributed by atoms with E-state index in [0.29, 0.717) is 17.5 Å². The van der Waals surface area contributed by atoms with Gasteiger partial charge in [0.25, 0.3) is 5.91 Å². The molecule has 1 aromatic heterocycles. The van der Waals surface area contributed by atoms with Crippen LogP contribution in [0.2, 0.25) is 0 Å². The highest BCUT2D eigenvalue weighted by molar-refractivity contribution is 5.96. The molecule has 2 amide bonds. The summed E-state index contributed by atoms with van der Waals surface area (Å²) in [6.07, 6.45) is 2.09. The van der Waals surface area contributed by atoms with Crippen LogP contribution in [0.15, 0.2) is 28.8 Å². The molecule has 0 saturated heterocycles. The number of carbonyl (C=O) groups excluding carboxylic acids is 2. The monoisotopic (exact) mass is 370 g/mol. The summed E-state index contributed by atoms with van der Waals surface area (Å²) >= 11 is 0. The lowest BCUT2D eigenvalue weighted by molar-refractivity contribution is -0.114. The maximum Gasteiger partial charge on any atom is 0.251 e. The lowest BCUT2D eigenvalue weighted by atomic mass is 9.92. The normalized spacial score (nSPS) is 13.9. The summed E-state index contributed by atoms with van der Waals surface area (Å²) in [7, 11) is 0. The van der Waals surface area contributed by atoms with Crippen LogP contribution < -0.4 is 16.0 Å². The smallest absolute Gasteiger partial charge is 0.251 e. The van der Waals surface area contributed by atoms with Crippen LogP contribution in [0.4, 0.5) is 11.6 Å². The Hall–Kier alpha value is -2.83. The van der Waals surface area contributed by atoms with E-state index in [-0.39, 0.29) is 23.8 Å². The molecule has 7 nitrogen and oxygen atoms in total. The molecule has 1 aliphatic rings.